The molecular formula is C29H39N5O8. The van der Waals surface area contributed by atoms with E-state index in [9.17, 15) is 19.2 Å². The Kier molecular flexibility index (Phi) is 11.6. The highest BCUT2D eigenvalue weighted by molar-refractivity contribution is 5.96. The van der Waals surface area contributed by atoms with Gasteiger partial charge in [-0.05, 0) is 36.5 Å². The number of amides is 3. The first-order chi connectivity index (χ1) is 19.9. The van der Waals surface area contributed by atoms with Gasteiger partial charge >= 0.3 is 5.97 Å². The molecule has 2 aromatic rings. The Bertz CT molecular complexity index is 1230. The van der Waals surface area contributed by atoms with Gasteiger partial charge in [0.25, 0.3) is 11.8 Å². The summed E-state index contributed by atoms with van der Waals surface area (Å²) >= 11 is 0. The average Bonchev–Trinajstić information content (AvgIpc) is 2.92. The quantitative estimate of drug-likeness (QED) is 0.223. The average molecular weight is 586 g/mol. The largest absolute Gasteiger partial charge is 0.484 e. The normalized spacial score (nSPS) is 14.6. The van der Waals surface area contributed by atoms with Gasteiger partial charge in [-0.3, -0.25) is 14.4 Å². The van der Waals surface area contributed by atoms with Crippen LogP contribution >= 0.6 is 0 Å². The minimum atomic E-state index is -0.970. The van der Waals surface area contributed by atoms with Crippen LogP contribution in [0.25, 0.3) is 0 Å². The van der Waals surface area contributed by atoms with Gasteiger partial charge in [-0.2, -0.15) is 0 Å². The molecule has 1 fully saturated rings. The van der Waals surface area contributed by atoms with Crippen LogP contribution in [0.5, 0.6) is 17.4 Å². The van der Waals surface area contributed by atoms with Crippen LogP contribution in [0, 0.1) is 5.41 Å². The second-order valence-corrected chi connectivity index (χ2v) is 11.0. The highest BCUT2D eigenvalue weighted by atomic mass is 16.5. The van der Waals surface area contributed by atoms with Crippen molar-refractivity contribution in [1.29, 1.82) is 0 Å². The summed E-state index contributed by atoms with van der Waals surface area (Å²) in [5.74, 6) is -1.28. The van der Waals surface area contributed by atoms with Crippen molar-refractivity contribution < 1.29 is 38.1 Å². The van der Waals surface area contributed by atoms with Crippen LogP contribution < -0.4 is 31.2 Å². The number of nitrogens with zero attached hydrogens (tertiary/aromatic N) is 1. The molecule has 13 heteroatoms. The molecule has 1 aromatic carbocycles. The second kappa shape index (κ2) is 15.1. The van der Waals surface area contributed by atoms with Gasteiger partial charge in [-0.1, -0.05) is 26.8 Å². The smallest absolute Gasteiger partial charge is 0.328 e. The number of nitrogens with one attached hydrogen (secondary N) is 3. The molecule has 2 heterocycles. The maximum atomic E-state index is 12.7. The van der Waals surface area contributed by atoms with E-state index in [2.05, 4.69) is 41.7 Å². The second-order valence-electron chi connectivity index (χ2n) is 11.0. The summed E-state index contributed by atoms with van der Waals surface area (Å²) in [6, 6.07) is 7.83. The minimum absolute atomic E-state index is 0.00657. The van der Waals surface area contributed by atoms with Gasteiger partial charge in [-0.25, -0.2) is 9.78 Å². The predicted molar refractivity (Wildman–Crippen MR) is 152 cm³/mol. The van der Waals surface area contributed by atoms with Crippen molar-refractivity contribution in [3.05, 3.63) is 48.2 Å². The Hall–Kier alpha value is -4.23. The number of rotatable bonds is 15. The number of benzene rings is 1. The van der Waals surface area contributed by atoms with E-state index in [0.29, 0.717) is 37.4 Å². The van der Waals surface area contributed by atoms with Crippen molar-refractivity contribution in [3.63, 3.8) is 0 Å². The zero-order chi connectivity index (χ0) is 30.7. The maximum absolute atomic E-state index is 12.7. The standard InChI is InChI=1S/C29H39N5O8/c1-29(2,3)11-10-22(28(38)39-4)34-27(37)18-8-9-25(32-13-18)42-20-7-5-6-19(12-20)41-17-24(35)33-23(26(30)36)16-40-21-14-31-15-21/h5-9,12-13,21-23,31H,10-11,14-17H2,1-4H3,(H2,30,36)(H,33,35)(H,34,37)/t22-,23?/m0/s1. The van der Waals surface area contributed by atoms with Gasteiger partial charge in [0.1, 0.15) is 23.6 Å². The van der Waals surface area contributed by atoms with Crippen LogP contribution in [0.1, 0.15) is 44.0 Å². The van der Waals surface area contributed by atoms with Crippen LogP contribution in [-0.4, -0.2) is 80.3 Å². The summed E-state index contributed by atoms with van der Waals surface area (Å²) < 4.78 is 21.7. The lowest BCUT2D eigenvalue weighted by atomic mass is 9.88. The fourth-order valence-corrected chi connectivity index (χ4v) is 3.73. The van der Waals surface area contributed by atoms with E-state index in [0.717, 1.165) is 0 Å². The molecule has 228 valence electrons. The molecule has 1 aliphatic heterocycles. The topological polar surface area (TPSA) is 180 Å². The molecule has 3 amide bonds. The number of nitrogens with two attached hydrogens (primary N) is 1. The lowest BCUT2D eigenvalue weighted by Gasteiger charge is -2.28. The summed E-state index contributed by atoms with van der Waals surface area (Å²) in [7, 11) is 1.28. The maximum Gasteiger partial charge on any atom is 0.328 e. The first-order valence-electron chi connectivity index (χ1n) is 13.6. The van der Waals surface area contributed by atoms with Gasteiger partial charge in [0.15, 0.2) is 6.61 Å². The third kappa shape index (κ3) is 10.6. The lowest BCUT2D eigenvalue weighted by molar-refractivity contribution is -0.143. The van der Waals surface area contributed by atoms with Crippen molar-refractivity contribution in [2.75, 3.05) is 33.4 Å². The Balaban J connectivity index is 1.51. The molecule has 2 atom stereocenters. The molecule has 1 aliphatic rings. The number of aromatic nitrogens is 1. The Morgan fingerprint density at radius 3 is 2.40 bits per heavy atom. The predicted octanol–water partition coefficient (Wildman–Crippen LogP) is 1.31. The Morgan fingerprint density at radius 2 is 1.81 bits per heavy atom. The molecule has 0 bridgehead atoms. The first kappa shape index (κ1) is 32.3. The van der Waals surface area contributed by atoms with Crippen LogP contribution in [0.2, 0.25) is 0 Å². The monoisotopic (exact) mass is 585 g/mol. The van der Waals surface area contributed by atoms with Crippen molar-refractivity contribution >= 4 is 23.7 Å². The number of pyridine rings is 1. The first-order valence-corrected chi connectivity index (χ1v) is 13.6. The van der Waals surface area contributed by atoms with Crippen LogP contribution in [-0.2, 0) is 23.9 Å². The number of primary amides is 1. The molecule has 1 saturated heterocycles. The van der Waals surface area contributed by atoms with Crippen molar-refractivity contribution in [1.82, 2.24) is 20.9 Å². The van der Waals surface area contributed by atoms with E-state index in [1.807, 2.05) is 0 Å². The number of hydrogen-bond donors (Lipinski definition) is 4. The van der Waals surface area contributed by atoms with Crippen LogP contribution in [0.15, 0.2) is 42.6 Å². The van der Waals surface area contributed by atoms with Gasteiger partial charge in [0.05, 0.1) is 25.4 Å². The molecule has 1 unspecified atom stereocenters. The molecule has 42 heavy (non-hydrogen) atoms. The highest BCUT2D eigenvalue weighted by Gasteiger charge is 2.25. The number of ether oxygens (including phenoxy) is 4. The van der Waals surface area contributed by atoms with Gasteiger partial charge in [0, 0.05) is 31.4 Å². The van der Waals surface area contributed by atoms with Crippen LogP contribution in [0.4, 0.5) is 0 Å². The zero-order valence-electron chi connectivity index (χ0n) is 24.3. The summed E-state index contributed by atoms with van der Waals surface area (Å²) in [6.07, 6.45) is 2.49. The zero-order valence-corrected chi connectivity index (χ0v) is 24.3. The third-order valence-electron chi connectivity index (χ3n) is 6.29. The lowest BCUT2D eigenvalue weighted by Crippen LogP contribution is -2.53. The van der Waals surface area contributed by atoms with Crippen LogP contribution in [0.3, 0.4) is 0 Å². The Morgan fingerprint density at radius 1 is 1.07 bits per heavy atom. The molecule has 5 N–H and O–H groups in total. The summed E-state index contributed by atoms with van der Waals surface area (Å²) in [5.41, 5.74) is 5.61. The molecule has 3 rings (SSSR count). The SMILES string of the molecule is COC(=O)[C@H](CCC(C)(C)C)NC(=O)c1ccc(Oc2cccc(OCC(=O)NC(COC3CNC3)C(N)=O)c2)nc1. The van der Waals surface area contributed by atoms with E-state index in [1.54, 1.807) is 24.3 Å². The molecule has 13 nitrogen and oxygen atoms in total. The highest BCUT2D eigenvalue weighted by Crippen LogP contribution is 2.25. The molecule has 1 aromatic heterocycles. The van der Waals surface area contributed by atoms with E-state index in [4.69, 9.17) is 24.7 Å². The third-order valence-corrected chi connectivity index (χ3v) is 6.29. The van der Waals surface area contributed by atoms with Crippen molar-refractivity contribution in [2.24, 2.45) is 11.1 Å². The summed E-state index contributed by atoms with van der Waals surface area (Å²) in [4.78, 5) is 53.1. The fraction of sp³-hybridized carbons (Fsp3) is 0.483. The van der Waals surface area contributed by atoms with E-state index < -0.39 is 35.8 Å². The number of hydrogen-bond acceptors (Lipinski definition) is 10. The van der Waals surface area contributed by atoms with Gasteiger partial charge < -0.3 is 40.6 Å². The minimum Gasteiger partial charge on any atom is -0.484 e. The van der Waals surface area contributed by atoms with Crippen molar-refractivity contribution in [2.45, 2.75) is 51.8 Å². The number of esters is 1. The van der Waals surface area contributed by atoms with E-state index in [-0.39, 0.29) is 36.2 Å². The fourth-order valence-electron chi connectivity index (χ4n) is 3.73. The molecular weight excluding hydrogens is 546 g/mol. The number of carbonyl (C=O) groups excluding carboxylic acids is 4. The molecule has 0 aliphatic carbocycles. The summed E-state index contributed by atoms with van der Waals surface area (Å²) in [6.45, 7) is 7.15. The molecule has 0 saturated carbocycles. The molecule has 0 spiro atoms. The van der Waals surface area contributed by atoms with E-state index in [1.165, 1.54) is 25.4 Å². The van der Waals surface area contributed by atoms with Gasteiger partial charge in [-0.15, -0.1) is 0 Å². The summed E-state index contributed by atoms with van der Waals surface area (Å²) in [5, 5.41) is 8.27. The van der Waals surface area contributed by atoms with Crippen molar-refractivity contribution in [3.8, 4) is 17.4 Å². The van der Waals surface area contributed by atoms with E-state index >= 15 is 0 Å². The number of carbonyl (C=O) groups is 4. The number of methoxy groups -OCH3 is 1. The Labute approximate surface area is 244 Å². The molecule has 0 radical (unpaired) electrons. The van der Waals surface area contributed by atoms with Gasteiger partial charge in [0.2, 0.25) is 11.8 Å².